The minimum Gasteiger partial charge on any atom is -0.492 e. The molecule has 1 aromatic rings. The lowest BCUT2D eigenvalue weighted by Crippen LogP contribution is -2.48. The second-order valence-electron chi connectivity index (χ2n) is 6.80. The highest BCUT2D eigenvalue weighted by atomic mass is 32.2. The quantitative estimate of drug-likeness (QED) is 0.473. The Balaban J connectivity index is 1.52. The topological polar surface area (TPSA) is 62.3 Å². The van der Waals surface area contributed by atoms with Crippen LogP contribution >= 0.6 is 11.8 Å². The first kappa shape index (κ1) is 21.5. The molecule has 0 spiro atoms. The molecule has 29 heavy (non-hydrogen) atoms. The molecular weight excluding hydrogens is 390 g/mol. The Morgan fingerprint density at radius 1 is 1.10 bits per heavy atom. The van der Waals surface area contributed by atoms with Crippen molar-refractivity contribution in [1.29, 1.82) is 0 Å². The number of para-hydroxylation sites is 2. The number of thioether (sulfide) groups is 1. The Morgan fingerprint density at radius 2 is 1.86 bits per heavy atom. The molecule has 0 bridgehead atoms. The van der Waals surface area contributed by atoms with Crippen molar-refractivity contribution in [3.8, 4) is 5.75 Å². The van der Waals surface area contributed by atoms with Crippen LogP contribution in [-0.2, 0) is 14.3 Å². The van der Waals surface area contributed by atoms with E-state index in [2.05, 4.69) is 15.9 Å². The molecule has 3 rings (SSSR count). The summed E-state index contributed by atoms with van der Waals surface area (Å²) in [6.45, 7) is 9.80. The SMILES string of the molecule is CCOC(=O)/C=C1\SCC(=O)N1CCN1CCN(c2ccccc2OCC)CC1. The van der Waals surface area contributed by atoms with Gasteiger partial charge in [-0.05, 0) is 26.0 Å². The molecule has 0 radical (unpaired) electrons. The fourth-order valence-electron chi connectivity index (χ4n) is 3.50. The van der Waals surface area contributed by atoms with E-state index < -0.39 is 5.97 Å². The molecule has 158 valence electrons. The predicted octanol–water partition coefficient (Wildman–Crippen LogP) is 2.19. The Kier molecular flexibility index (Phi) is 7.83. The highest BCUT2D eigenvalue weighted by Gasteiger charge is 2.28. The first-order valence-electron chi connectivity index (χ1n) is 10.1. The van der Waals surface area contributed by atoms with E-state index in [0.29, 0.717) is 30.5 Å². The third-order valence-corrected chi connectivity index (χ3v) is 5.98. The van der Waals surface area contributed by atoms with E-state index in [0.717, 1.165) is 44.2 Å². The van der Waals surface area contributed by atoms with Gasteiger partial charge >= 0.3 is 5.97 Å². The van der Waals surface area contributed by atoms with Gasteiger partial charge in [-0.3, -0.25) is 9.69 Å². The van der Waals surface area contributed by atoms with Crippen LogP contribution in [-0.4, -0.2) is 79.9 Å². The van der Waals surface area contributed by atoms with Gasteiger partial charge in [-0.25, -0.2) is 4.79 Å². The van der Waals surface area contributed by atoms with Crippen LogP contribution in [0.4, 0.5) is 5.69 Å². The highest BCUT2D eigenvalue weighted by molar-refractivity contribution is 8.04. The molecule has 8 heteroatoms. The van der Waals surface area contributed by atoms with Crippen molar-refractivity contribution >= 4 is 29.3 Å². The number of nitrogens with zero attached hydrogens (tertiary/aromatic N) is 3. The Bertz CT molecular complexity index is 747. The summed E-state index contributed by atoms with van der Waals surface area (Å²) < 4.78 is 10.7. The average molecular weight is 420 g/mol. The molecule has 0 atom stereocenters. The number of amides is 1. The third kappa shape index (κ3) is 5.67. The monoisotopic (exact) mass is 419 g/mol. The fourth-order valence-corrected chi connectivity index (χ4v) is 4.46. The van der Waals surface area contributed by atoms with Gasteiger partial charge in [-0.1, -0.05) is 23.9 Å². The Morgan fingerprint density at radius 3 is 2.59 bits per heavy atom. The number of hydrogen-bond acceptors (Lipinski definition) is 7. The van der Waals surface area contributed by atoms with E-state index in [9.17, 15) is 9.59 Å². The summed E-state index contributed by atoms with van der Waals surface area (Å²) in [6, 6.07) is 8.15. The van der Waals surface area contributed by atoms with Crippen LogP contribution in [0.15, 0.2) is 35.4 Å². The largest absolute Gasteiger partial charge is 0.492 e. The number of hydrogen-bond donors (Lipinski definition) is 0. The van der Waals surface area contributed by atoms with Crippen molar-refractivity contribution < 1.29 is 19.1 Å². The molecular formula is C21H29N3O4S. The van der Waals surface area contributed by atoms with Crippen LogP contribution in [0.25, 0.3) is 0 Å². The van der Waals surface area contributed by atoms with Crippen LogP contribution < -0.4 is 9.64 Å². The number of carbonyl (C=O) groups excluding carboxylic acids is 2. The van der Waals surface area contributed by atoms with Crippen molar-refractivity contribution in [2.75, 3.05) is 63.1 Å². The van der Waals surface area contributed by atoms with E-state index in [1.54, 1.807) is 11.8 Å². The van der Waals surface area contributed by atoms with Gasteiger partial charge in [0.05, 0.1) is 35.8 Å². The van der Waals surface area contributed by atoms with Gasteiger partial charge in [-0.2, -0.15) is 0 Å². The van der Waals surface area contributed by atoms with Gasteiger partial charge in [0.1, 0.15) is 5.75 Å². The zero-order valence-electron chi connectivity index (χ0n) is 17.1. The standard InChI is InChI=1S/C21H29N3O4S/c1-3-27-18-8-6-5-7-17(18)23-12-9-22(10-13-23)11-14-24-19(25)16-29-20(24)15-21(26)28-4-2/h5-8,15H,3-4,9-14,16H2,1-2H3/b20-15-. The minimum absolute atomic E-state index is 0.0508. The number of carbonyl (C=O) groups is 2. The number of rotatable bonds is 8. The normalized spacial score (nSPS) is 19.1. The van der Waals surface area contributed by atoms with Crippen molar-refractivity contribution in [3.63, 3.8) is 0 Å². The molecule has 2 aliphatic heterocycles. The zero-order chi connectivity index (χ0) is 20.6. The summed E-state index contributed by atoms with van der Waals surface area (Å²) in [4.78, 5) is 30.3. The maximum atomic E-state index is 12.2. The summed E-state index contributed by atoms with van der Waals surface area (Å²) in [5.41, 5.74) is 1.14. The van der Waals surface area contributed by atoms with E-state index in [1.165, 1.54) is 17.8 Å². The number of piperazine rings is 1. The molecule has 0 unspecified atom stereocenters. The second kappa shape index (κ2) is 10.5. The van der Waals surface area contributed by atoms with E-state index in [-0.39, 0.29) is 5.91 Å². The smallest absolute Gasteiger partial charge is 0.333 e. The number of esters is 1. The van der Waals surface area contributed by atoms with Crippen LogP contribution in [0, 0.1) is 0 Å². The van der Waals surface area contributed by atoms with Gasteiger partial charge < -0.3 is 19.3 Å². The van der Waals surface area contributed by atoms with Gasteiger partial charge in [-0.15, -0.1) is 0 Å². The molecule has 1 amide bonds. The van der Waals surface area contributed by atoms with Crippen LogP contribution in [0.2, 0.25) is 0 Å². The maximum Gasteiger partial charge on any atom is 0.333 e. The van der Waals surface area contributed by atoms with E-state index in [4.69, 9.17) is 9.47 Å². The fraction of sp³-hybridized carbons (Fsp3) is 0.524. The Labute approximate surface area is 176 Å². The average Bonchev–Trinajstić information content (AvgIpc) is 3.07. The second-order valence-corrected chi connectivity index (χ2v) is 7.79. The molecule has 7 nitrogen and oxygen atoms in total. The summed E-state index contributed by atoms with van der Waals surface area (Å²) in [6.07, 6.45) is 1.43. The van der Waals surface area contributed by atoms with Crippen molar-refractivity contribution in [2.24, 2.45) is 0 Å². The summed E-state index contributed by atoms with van der Waals surface area (Å²) >= 11 is 1.40. The number of ether oxygens (including phenoxy) is 2. The van der Waals surface area contributed by atoms with Crippen LogP contribution in [0.3, 0.4) is 0 Å². The highest BCUT2D eigenvalue weighted by Crippen LogP contribution is 2.30. The van der Waals surface area contributed by atoms with Gasteiger partial charge in [0.25, 0.3) is 0 Å². The number of anilines is 1. The molecule has 2 heterocycles. The van der Waals surface area contributed by atoms with Crippen molar-refractivity contribution in [3.05, 3.63) is 35.4 Å². The zero-order valence-corrected chi connectivity index (χ0v) is 18.0. The van der Waals surface area contributed by atoms with Gasteiger partial charge in [0, 0.05) is 39.3 Å². The summed E-state index contributed by atoms with van der Waals surface area (Å²) in [5, 5.41) is 0.692. The molecule has 0 aromatic heterocycles. The van der Waals surface area contributed by atoms with E-state index >= 15 is 0 Å². The van der Waals surface area contributed by atoms with E-state index in [1.807, 2.05) is 25.1 Å². The van der Waals surface area contributed by atoms with Gasteiger partial charge in [0.15, 0.2) is 0 Å². The van der Waals surface area contributed by atoms with Crippen LogP contribution in [0.1, 0.15) is 13.8 Å². The molecule has 2 fully saturated rings. The molecule has 2 aliphatic rings. The lowest BCUT2D eigenvalue weighted by Gasteiger charge is -2.37. The summed E-state index contributed by atoms with van der Waals surface area (Å²) in [7, 11) is 0. The first-order chi connectivity index (χ1) is 14.1. The van der Waals surface area contributed by atoms with Crippen LogP contribution in [0.5, 0.6) is 5.75 Å². The third-order valence-electron chi connectivity index (χ3n) is 4.96. The molecule has 0 aliphatic carbocycles. The van der Waals surface area contributed by atoms with Crippen molar-refractivity contribution in [2.45, 2.75) is 13.8 Å². The maximum absolute atomic E-state index is 12.2. The minimum atomic E-state index is -0.392. The lowest BCUT2D eigenvalue weighted by atomic mass is 10.2. The predicted molar refractivity (Wildman–Crippen MR) is 115 cm³/mol. The Hall–Kier alpha value is -2.19. The van der Waals surface area contributed by atoms with Gasteiger partial charge in [0.2, 0.25) is 5.91 Å². The molecule has 0 N–H and O–H groups in total. The number of benzene rings is 1. The van der Waals surface area contributed by atoms with Crippen molar-refractivity contribution in [1.82, 2.24) is 9.80 Å². The summed E-state index contributed by atoms with van der Waals surface area (Å²) in [5.74, 6) is 0.968. The first-order valence-corrected chi connectivity index (χ1v) is 11.1. The molecule has 0 saturated carbocycles. The molecule has 2 saturated heterocycles. The lowest BCUT2D eigenvalue weighted by molar-refractivity contribution is -0.137. The molecule has 1 aromatic carbocycles.